The molecule has 2 N–H and O–H groups in total. The molecule has 146 valence electrons. The van der Waals surface area contributed by atoms with E-state index in [2.05, 4.69) is 10.1 Å². The highest BCUT2D eigenvalue weighted by molar-refractivity contribution is 8.07. The van der Waals surface area contributed by atoms with E-state index < -0.39 is 19.0 Å². The van der Waals surface area contributed by atoms with Crippen LogP contribution in [-0.2, 0) is 39.7 Å². The lowest BCUT2D eigenvalue weighted by molar-refractivity contribution is -0.162. The van der Waals surface area contributed by atoms with Gasteiger partial charge in [0, 0.05) is 23.6 Å². The normalized spacial score (nSPS) is 18.5. The second-order valence-electron chi connectivity index (χ2n) is 5.07. The quantitative estimate of drug-likeness (QED) is 0.364. The minimum absolute atomic E-state index is 0.166. The highest BCUT2D eigenvalue weighted by Gasteiger charge is 2.30. The maximum absolute atomic E-state index is 12.6. The standard InChI is InChI=1S/C14H22N3O6PS2/c1-3-20-24(25,21-4-2)23-13(18)12(10-9-26-14(15)16-10)17-22-11-7-5-6-8-19-11/h9,11H,3-8H2,1-2H3,(H2,15,16). The molecule has 1 aromatic heterocycles. The zero-order valence-electron chi connectivity index (χ0n) is 14.6. The van der Waals surface area contributed by atoms with Gasteiger partial charge in [-0.15, -0.1) is 11.3 Å². The number of nitrogen functional groups attached to an aromatic ring is 1. The summed E-state index contributed by atoms with van der Waals surface area (Å²) in [6.45, 7) is 1.29. The predicted molar refractivity (Wildman–Crippen MR) is 101 cm³/mol. The fraction of sp³-hybridized carbons (Fsp3) is 0.643. The number of nitrogens with zero attached hydrogens (tertiary/aromatic N) is 2. The van der Waals surface area contributed by atoms with Gasteiger partial charge in [-0.25, -0.2) is 9.78 Å². The fourth-order valence-electron chi connectivity index (χ4n) is 2.04. The molecule has 9 nitrogen and oxygen atoms in total. The molecule has 0 spiro atoms. The van der Waals surface area contributed by atoms with Gasteiger partial charge in [0.05, 0.1) is 19.8 Å². The van der Waals surface area contributed by atoms with Crippen LogP contribution >= 0.6 is 18.1 Å². The first-order chi connectivity index (χ1) is 12.5. The first-order valence-corrected chi connectivity index (χ1v) is 11.6. The van der Waals surface area contributed by atoms with Gasteiger partial charge in [-0.2, -0.15) is 0 Å². The van der Waals surface area contributed by atoms with Gasteiger partial charge in [0.15, 0.2) is 5.13 Å². The summed E-state index contributed by atoms with van der Waals surface area (Å²) >= 11 is 6.38. The van der Waals surface area contributed by atoms with Crippen molar-refractivity contribution < 1.29 is 27.9 Å². The van der Waals surface area contributed by atoms with E-state index in [0.29, 0.717) is 13.0 Å². The number of thiazole rings is 1. The van der Waals surface area contributed by atoms with Gasteiger partial charge in [-0.3, -0.25) is 9.05 Å². The van der Waals surface area contributed by atoms with Crippen molar-refractivity contribution in [3.8, 4) is 0 Å². The molecule has 0 aromatic carbocycles. The van der Waals surface area contributed by atoms with E-state index in [-0.39, 0.29) is 29.8 Å². The van der Waals surface area contributed by atoms with E-state index >= 15 is 0 Å². The van der Waals surface area contributed by atoms with Crippen LogP contribution < -0.4 is 5.73 Å². The van der Waals surface area contributed by atoms with Crippen LogP contribution in [0.5, 0.6) is 0 Å². The van der Waals surface area contributed by atoms with E-state index in [1.807, 2.05) is 0 Å². The Kier molecular flexibility index (Phi) is 8.39. The molecule has 2 rings (SSSR count). The minimum Gasteiger partial charge on any atom is -0.386 e. The maximum Gasteiger partial charge on any atom is 0.383 e. The molecule has 0 radical (unpaired) electrons. The van der Waals surface area contributed by atoms with E-state index in [9.17, 15) is 4.79 Å². The van der Waals surface area contributed by atoms with Gasteiger partial charge in [0.25, 0.3) is 0 Å². The summed E-state index contributed by atoms with van der Waals surface area (Å²) in [7, 11) is 0. The summed E-state index contributed by atoms with van der Waals surface area (Å²) < 4.78 is 21.4. The number of rotatable bonds is 9. The summed E-state index contributed by atoms with van der Waals surface area (Å²) in [6.07, 6.45) is 2.08. The van der Waals surface area contributed by atoms with E-state index in [4.69, 9.17) is 40.7 Å². The Morgan fingerprint density at radius 1 is 1.46 bits per heavy atom. The smallest absolute Gasteiger partial charge is 0.383 e. The van der Waals surface area contributed by atoms with Crippen LogP contribution in [0.4, 0.5) is 5.13 Å². The molecule has 12 heteroatoms. The Morgan fingerprint density at radius 2 is 2.19 bits per heavy atom. The van der Waals surface area contributed by atoms with Crippen molar-refractivity contribution in [3.05, 3.63) is 11.1 Å². The van der Waals surface area contributed by atoms with Crippen molar-refractivity contribution in [3.63, 3.8) is 0 Å². The molecule has 26 heavy (non-hydrogen) atoms. The van der Waals surface area contributed by atoms with Gasteiger partial charge in [0.1, 0.15) is 5.69 Å². The molecule has 2 heterocycles. The van der Waals surface area contributed by atoms with Gasteiger partial charge < -0.3 is 19.8 Å². The molecule has 0 bridgehead atoms. The molecule has 1 atom stereocenters. The lowest BCUT2D eigenvalue weighted by Crippen LogP contribution is -2.24. The highest BCUT2D eigenvalue weighted by Crippen LogP contribution is 2.50. The fourth-order valence-corrected chi connectivity index (χ4v) is 4.53. The topological polar surface area (TPSA) is 114 Å². The highest BCUT2D eigenvalue weighted by atomic mass is 32.5. The molecule has 1 unspecified atom stereocenters. The van der Waals surface area contributed by atoms with Gasteiger partial charge in [-0.1, -0.05) is 5.16 Å². The molecule has 1 fully saturated rings. The van der Waals surface area contributed by atoms with Crippen LogP contribution in [0.3, 0.4) is 0 Å². The molecule has 1 aliphatic heterocycles. The number of ether oxygens (including phenoxy) is 1. The number of anilines is 1. The number of nitrogens with two attached hydrogens (primary N) is 1. The maximum atomic E-state index is 12.6. The van der Waals surface area contributed by atoms with E-state index in [1.54, 1.807) is 19.2 Å². The second kappa shape index (κ2) is 10.3. The third kappa shape index (κ3) is 6.26. The zero-order valence-corrected chi connectivity index (χ0v) is 17.1. The van der Waals surface area contributed by atoms with Crippen LogP contribution in [0.1, 0.15) is 38.8 Å². The van der Waals surface area contributed by atoms with Crippen molar-refractivity contribution in [2.45, 2.75) is 39.4 Å². The SMILES string of the molecule is CCOP(=S)(OCC)OC(=O)C(=NOC1CCCCO1)c1csc(N)n1. The van der Waals surface area contributed by atoms with Crippen LogP contribution in [0.2, 0.25) is 0 Å². The first kappa shape index (κ1) is 21.2. The summed E-state index contributed by atoms with van der Waals surface area (Å²) in [5.41, 5.74) is 5.71. The van der Waals surface area contributed by atoms with Crippen LogP contribution in [0, 0.1) is 0 Å². The second-order valence-corrected chi connectivity index (χ2v) is 8.90. The Balaban J connectivity index is 2.19. The number of hydrogen-bond donors (Lipinski definition) is 1. The summed E-state index contributed by atoms with van der Waals surface area (Å²) in [4.78, 5) is 22.1. The van der Waals surface area contributed by atoms with E-state index in [0.717, 1.165) is 24.2 Å². The minimum atomic E-state index is -3.24. The summed E-state index contributed by atoms with van der Waals surface area (Å²) in [6, 6.07) is 0. The molecule has 1 saturated heterocycles. The molecule has 0 aliphatic carbocycles. The Labute approximate surface area is 161 Å². The lowest BCUT2D eigenvalue weighted by Gasteiger charge is -2.21. The van der Waals surface area contributed by atoms with Crippen molar-refractivity contribution in [1.29, 1.82) is 0 Å². The monoisotopic (exact) mass is 423 g/mol. The average molecular weight is 423 g/mol. The van der Waals surface area contributed by atoms with Crippen molar-refractivity contribution in [2.24, 2.45) is 5.16 Å². The average Bonchev–Trinajstić information content (AvgIpc) is 3.02. The third-order valence-corrected chi connectivity index (χ3v) is 6.19. The van der Waals surface area contributed by atoms with Gasteiger partial charge >= 0.3 is 12.7 Å². The molecular weight excluding hydrogens is 401 g/mol. The molecular formula is C14H22N3O6PS2. The number of aromatic nitrogens is 1. The largest absolute Gasteiger partial charge is 0.386 e. The number of carbonyl (C=O) groups is 1. The molecule has 0 amide bonds. The van der Waals surface area contributed by atoms with Crippen LogP contribution in [0.15, 0.2) is 10.5 Å². The number of hydrogen-bond acceptors (Lipinski definition) is 11. The summed E-state index contributed by atoms with van der Waals surface area (Å²) in [5, 5.41) is 5.76. The van der Waals surface area contributed by atoms with Crippen molar-refractivity contribution in [1.82, 2.24) is 4.98 Å². The predicted octanol–water partition coefficient (Wildman–Crippen LogP) is 2.81. The Morgan fingerprint density at radius 3 is 2.73 bits per heavy atom. The number of oxime groups is 1. The number of carbonyl (C=O) groups excluding carboxylic acids is 1. The van der Waals surface area contributed by atoms with Crippen molar-refractivity contribution in [2.75, 3.05) is 25.6 Å². The van der Waals surface area contributed by atoms with Crippen molar-refractivity contribution >= 4 is 46.7 Å². The van der Waals surface area contributed by atoms with Crippen LogP contribution in [0.25, 0.3) is 0 Å². The van der Waals surface area contributed by atoms with E-state index in [1.165, 1.54) is 0 Å². The first-order valence-electron chi connectivity index (χ1n) is 8.17. The lowest BCUT2D eigenvalue weighted by atomic mass is 10.2. The summed E-state index contributed by atoms with van der Waals surface area (Å²) in [5.74, 6) is -0.851. The van der Waals surface area contributed by atoms with Gasteiger partial charge in [0.2, 0.25) is 12.0 Å². The van der Waals surface area contributed by atoms with Gasteiger partial charge in [-0.05, 0) is 26.7 Å². The third-order valence-electron chi connectivity index (χ3n) is 3.13. The Bertz CT molecular complexity index is 667. The van der Waals surface area contributed by atoms with Crippen LogP contribution in [-0.4, -0.2) is 42.8 Å². The molecule has 1 aliphatic rings. The molecule has 1 aromatic rings. The molecule has 0 saturated carbocycles. The Hall–Kier alpha value is -1.10. The zero-order chi connectivity index (χ0) is 19.0.